The molecule has 8 aliphatic rings. The number of rotatable bonds is 43. The second kappa shape index (κ2) is 39.9. The molecular formula is C51H88O60S13. The lowest BCUT2D eigenvalue weighted by Crippen LogP contribution is -2.69. The van der Waals surface area contributed by atoms with Crippen LogP contribution in [0.25, 0.3) is 0 Å². The van der Waals surface area contributed by atoms with E-state index in [1.807, 2.05) is 0 Å². The molecule has 0 bridgehead atoms. The molecule has 0 aromatic carbocycles. The maximum Gasteiger partial charge on any atom is 0.397 e. The minimum absolute atomic E-state index is 0.00149. The van der Waals surface area contributed by atoms with Crippen LogP contribution < -0.4 is 0 Å². The second-order valence-corrected chi connectivity index (χ2v) is 44.2. The van der Waals surface area contributed by atoms with Gasteiger partial charge in [-0.05, 0) is 110 Å². The van der Waals surface area contributed by atoms with Crippen molar-refractivity contribution in [1.82, 2.24) is 0 Å². The quantitative estimate of drug-likeness (QED) is 0.0208. The van der Waals surface area contributed by atoms with E-state index in [0.29, 0.717) is 42.9 Å². The molecule has 4 saturated heterocycles. The van der Waals surface area contributed by atoms with Crippen LogP contribution in [0.2, 0.25) is 0 Å². The van der Waals surface area contributed by atoms with Gasteiger partial charge in [-0.1, -0.05) is 53.9 Å². The third-order valence-electron chi connectivity index (χ3n) is 22.0. The molecule has 730 valence electrons. The Bertz CT molecular complexity index is 5310. The van der Waals surface area contributed by atoms with E-state index in [2.05, 4.69) is 80.6 Å². The van der Waals surface area contributed by atoms with E-state index in [-0.39, 0.29) is 36.0 Å². The molecule has 124 heavy (non-hydrogen) atoms. The maximum absolute atomic E-state index is 13.2. The fourth-order valence-electron chi connectivity index (χ4n) is 17.8. The Labute approximate surface area is 710 Å². The van der Waals surface area contributed by atoms with E-state index < -0.39 is 296 Å². The van der Waals surface area contributed by atoms with Gasteiger partial charge in [0, 0.05) is 0 Å². The minimum atomic E-state index is -6.78. The summed E-state index contributed by atoms with van der Waals surface area (Å²) in [6.45, 7) is 2.20. The van der Waals surface area contributed by atoms with Gasteiger partial charge in [0.15, 0.2) is 49.6 Å². The summed E-state index contributed by atoms with van der Waals surface area (Å²) in [5.41, 5.74) is -0.420. The van der Waals surface area contributed by atoms with E-state index in [0.717, 1.165) is 44.9 Å². The van der Waals surface area contributed by atoms with Gasteiger partial charge in [-0.3, -0.25) is 59.2 Å². The first-order valence-corrected chi connectivity index (χ1v) is 53.3. The third-order valence-corrected chi connectivity index (χ3v) is 27.9. The van der Waals surface area contributed by atoms with Crippen LogP contribution in [0.5, 0.6) is 0 Å². The third kappa shape index (κ3) is 31.8. The smallest absolute Gasteiger partial charge is 0.347 e. The van der Waals surface area contributed by atoms with Gasteiger partial charge in [0.1, 0.15) is 73.2 Å². The molecule has 4 aliphatic heterocycles. The summed E-state index contributed by atoms with van der Waals surface area (Å²) in [5, 5.41) is 0. The first-order chi connectivity index (χ1) is 55.9. The van der Waals surface area contributed by atoms with Crippen molar-refractivity contribution in [3.05, 3.63) is 0 Å². The molecule has 29 atom stereocenters. The van der Waals surface area contributed by atoms with Crippen LogP contribution in [-0.2, 0) is 227 Å². The molecular weight excluding hydrogens is 1990 g/mol. The molecule has 73 heteroatoms. The van der Waals surface area contributed by atoms with Crippen molar-refractivity contribution < 1.29 is 261 Å². The highest BCUT2D eigenvalue weighted by molar-refractivity contribution is 7.83. The average Bonchev–Trinajstić information content (AvgIpc) is 1.47. The van der Waals surface area contributed by atoms with Crippen molar-refractivity contribution in [2.75, 3.05) is 26.4 Å². The number of ether oxygens (including phenoxy) is 8. The second-order valence-electron chi connectivity index (χ2n) is 30.4. The van der Waals surface area contributed by atoms with Crippen LogP contribution in [0.15, 0.2) is 0 Å². The number of fused-ring (bicyclic) bond motifs is 5. The van der Waals surface area contributed by atoms with Crippen LogP contribution in [0.4, 0.5) is 0 Å². The van der Waals surface area contributed by atoms with Gasteiger partial charge in [-0.15, -0.1) is 0 Å². The minimum Gasteiger partial charge on any atom is -0.347 e. The summed E-state index contributed by atoms with van der Waals surface area (Å²) in [4.78, 5) is 0. The van der Waals surface area contributed by atoms with E-state index in [1.165, 1.54) is 0 Å². The van der Waals surface area contributed by atoms with Crippen molar-refractivity contribution in [2.45, 2.75) is 241 Å². The van der Waals surface area contributed by atoms with Gasteiger partial charge in [0.25, 0.3) is 0 Å². The summed E-state index contributed by atoms with van der Waals surface area (Å²) >= 11 is 0. The van der Waals surface area contributed by atoms with E-state index in [9.17, 15) is 169 Å². The largest absolute Gasteiger partial charge is 0.397 e. The lowest BCUT2D eigenvalue weighted by molar-refractivity contribution is -0.380. The molecule has 0 unspecified atom stereocenters. The first-order valence-electron chi connectivity index (χ1n) is 35.6. The predicted octanol–water partition coefficient (Wildman–Crippen LogP) is -3.48. The van der Waals surface area contributed by atoms with Crippen molar-refractivity contribution >= 4 is 135 Å². The van der Waals surface area contributed by atoms with Crippen LogP contribution in [0.1, 0.15) is 112 Å². The predicted molar refractivity (Wildman–Crippen MR) is 385 cm³/mol. The fraction of sp³-hybridized carbons (Fsp3) is 1.00. The van der Waals surface area contributed by atoms with Crippen molar-refractivity contribution in [2.24, 2.45) is 52.3 Å². The van der Waals surface area contributed by atoms with E-state index in [4.69, 9.17) is 46.3 Å². The van der Waals surface area contributed by atoms with Crippen LogP contribution >= 0.6 is 0 Å². The van der Waals surface area contributed by atoms with E-state index in [1.54, 1.807) is 0 Å². The molecule has 0 aromatic rings. The van der Waals surface area contributed by atoms with Gasteiger partial charge in [-0.2, -0.15) is 109 Å². The molecule has 60 nitrogen and oxygen atoms in total. The fourth-order valence-corrected chi connectivity index (χ4v) is 23.5. The van der Waals surface area contributed by atoms with E-state index >= 15 is 0 Å². The number of hydrogen-bond acceptors (Lipinski definition) is 47. The zero-order valence-corrected chi connectivity index (χ0v) is 74.4. The summed E-state index contributed by atoms with van der Waals surface area (Å²) in [7, 11) is -83.6. The average molecular weight is 2080 g/mol. The highest BCUT2D eigenvalue weighted by Gasteiger charge is 2.66. The summed E-state index contributed by atoms with van der Waals surface area (Å²) in [6.07, 6.45) is -63.1. The van der Waals surface area contributed by atoms with Gasteiger partial charge in [0.05, 0.1) is 32.5 Å². The first kappa shape index (κ1) is 107. The SMILES string of the molecule is CC(C)CCC[C@@H](C)[C@H]1CC[C@H]2[C@@H]3CC[C@H]4C[C@@H](O[C@@H]5O[C@H](COS(=O)(=O)O)[C@@H](O[C@@H]6O[C@H](COS(=O)(=O)O)[C@@H](O[C@@H]7O[C@H](COS(=O)(=O)O)[C@@H](O[C@@H]8O[C@H](COS(=O)(=O)O)[C@@H](OS(=O)(=O)O)[C@H](OS(=O)(=O)O)[C@H]8OS(=O)(=O)O)[C@H](OS(=O)(=O)O)[C@H]7OS(=O)(=O)O)[C@H](OS(=O)(=O)O)[C@H]6OS(=O)(=O)O)[C@H](OS(=O)(=O)O)[C@H]5OS(=O)(=O)O)CC[C@]4(C)[C@H]3CC[C@]12C. The lowest BCUT2D eigenvalue weighted by Gasteiger charge is -2.61. The summed E-state index contributed by atoms with van der Waals surface area (Å²) < 4.78 is 562. The molecule has 8 fully saturated rings. The Morgan fingerprint density at radius 3 is 0.879 bits per heavy atom. The Hall–Kier alpha value is -2.01. The van der Waals surface area contributed by atoms with Gasteiger partial charge < -0.3 is 37.9 Å². The van der Waals surface area contributed by atoms with Gasteiger partial charge in [-0.25, -0.2) is 54.4 Å². The van der Waals surface area contributed by atoms with Crippen molar-refractivity contribution in [3.63, 3.8) is 0 Å². The number of hydrogen-bond donors (Lipinski definition) is 13. The highest BCUT2D eigenvalue weighted by Crippen LogP contribution is 2.69. The van der Waals surface area contributed by atoms with Gasteiger partial charge >= 0.3 is 135 Å². The molecule has 4 aliphatic carbocycles. The Balaban J connectivity index is 1.25. The monoisotopic (exact) mass is 2080 g/mol. The topological polar surface area (TPSA) is 901 Å². The zero-order valence-electron chi connectivity index (χ0n) is 63.8. The molecule has 4 heterocycles. The maximum atomic E-state index is 13.2. The lowest BCUT2D eigenvalue weighted by atomic mass is 9.44. The molecule has 0 spiro atoms. The summed E-state index contributed by atoms with van der Waals surface area (Å²) in [6, 6.07) is 0. The zero-order chi connectivity index (χ0) is 93.8. The molecule has 13 N–H and O–H groups in total. The van der Waals surface area contributed by atoms with Crippen molar-refractivity contribution in [1.29, 1.82) is 0 Å². The standard InChI is InChI=1S/C51H88O60S13/c1-22(2)7-6-8-23(3)27-11-12-28-26-10-9-24-17-25(13-15-50(24,4)29(26)14-16-51(27,28)5)95-46-42(108-121(79,80)81)38(104-117(67,68)69)34(30(96-46)18-91-112(52,53)54)100-47-43(109-122(82,83)84)39(105-118(70,71)72)35(31(97-47)19-92-113(55,56)57)101-48-44(110-123(85,86)87)40(106-119(73,74)75)36(32(98-48)20-93-114(58,59)60)102-49-45(111-124(88,89)90)41(107-120(76,77)78)37(103-116(64,65)66)33(99-49)21-94-115(61,62)63/h22-49H,6-21H2,1-5H3,(H,52,53,54)(H,55,56,57)(H,58,59,60)(H,61,62,63)(H,64,65,66)(H,67,68,69)(H,70,71,72)(H,73,74,75)(H,76,77,78)(H,79,80,81)(H,82,83,84)(H,85,86,87)(H,88,89,90)/t23-,24+,25+,26+,27-,28+,29+,30-,31-,32-,33-,34-,35-,36-,37-,38+,39+,40+,41+,42-,43-,44-,45-,46-,47+,48+,49+,50+,51-/m1/s1. The summed E-state index contributed by atoms with van der Waals surface area (Å²) in [5.74, 6) is 1.91. The normalized spacial score (nSPS) is 37.1. The molecule has 8 rings (SSSR count). The molecule has 4 saturated carbocycles. The Kier molecular flexibility index (Phi) is 34.5. The van der Waals surface area contributed by atoms with Crippen LogP contribution in [0, 0.1) is 52.3 Å². The molecule has 0 radical (unpaired) electrons. The molecule has 0 aromatic heterocycles. The Morgan fingerprint density at radius 1 is 0.298 bits per heavy atom. The van der Waals surface area contributed by atoms with Crippen LogP contribution in [-0.4, -0.2) is 324 Å². The highest BCUT2D eigenvalue weighted by atomic mass is 32.3. The molecule has 0 amide bonds. The van der Waals surface area contributed by atoms with Crippen molar-refractivity contribution in [3.8, 4) is 0 Å². The van der Waals surface area contributed by atoms with Crippen LogP contribution in [0.3, 0.4) is 0 Å². The van der Waals surface area contributed by atoms with Gasteiger partial charge in [0.2, 0.25) is 0 Å². The Morgan fingerprint density at radius 2 is 0.573 bits per heavy atom.